The van der Waals surface area contributed by atoms with Crippen molar-refractivity contribution in [1.82, 2.24) is 0 Å². The Morgan fingerprint density at radius 1 is 0.686 bits per heavy atom. The minimum atomic E-state index is -8.32. The fourth-order valence-electron chi connectivity index (χ4n) is 2.67. The molecule has 0 N–H and O–H groups in total. The third-order valence-corrected chi connectivity index (χ3v) is 4.66. The van der Waals surface area contributed by atoms with E-state index < -0.39 is 59.8 Å². The van der Waals surface area contributed by atoms with E-state index in [1.807, 2.05) is 0 Å². The van der Waals surface area contributed by atoms with Crippen molar-refractivity contribution in [2.75, 3.05) is 13.7 Å². The third kappa shape index (κ3) is 4.96. The van der Waals surface area contributed by atoms with Crippen LogP contribution in [0.25, 0.3) is 0 Å². The lowest BCUT2D eigenvalue weighted by atomic mass is 9.88. The van der Waals surface area contributed by atoms with Crippen molar-refractivity contribution in [3.05, 3.63) is 29.8 Å². The molecule has 0 aliphatic heterocycles. The average Bonchev–Trinajstić information content (AvgIpc) is 2.70. The molecule has 0 saturated carbocycles. The summed E-state index contributed by atoms with van der Waals surface area (Å²) in [5.74, 6) is -46.8. The van der Waals surface area contributed by atoms with E-state index in [4.69, 9.17) is 4.74 Å². The Kier molecular flexibility index (Phi) is 8.34. The van der Waals surface area contributed by atoms with Crippen LogP contribution in [0.3, 0.4) is 0 Å². The highest BCUT2D eigenvalue weighted by atomic mass is 19.4. The fourth-order valence-corrected chi connectivity index (χ4v) is 2.67. The molecule has 0 spiro atoms. The summed E-state index contributed by atoms with van der Waals surface area (Å²) in [7, 11) is 0.580. The first kappa shape index (κ1) is 31.0. The lowest BCUT2D eigenvalue weighted by Crippen LogP contribution is -2.72. The molecule has 1 unspecified atom stereocenters. The monoisotopic (exact) mass is 548 g/mol. The predicted octanol–water partition coefficient (Wildman–Crippen LogP) is 7.54. The summed E-state index contributed by atoms with van der Waals surface area (Å²) in [6, 6.07) is 4.11. The molecule has 0 aromatic heterocycles. The summed E-state index contributed by atoms with van der Waals surface area (Å²) < 4.78 is 209. The van der Waals surface area contributed by atoms with Gasteiger partial charge in [-0.1, -0.05) is 12.1 Å². The van der Waals surface area contributed by atoms with E-state index in [9.17, 15) is 65.9 Å². The van der Waals surface area contributed by atoms with Crippen molar-refractivity contribution < 1.29 is 75.3 Å². The SMILES string of the molecule is CCOc1cccc(C(CC(F)(F)C(F)(F)C(F)(F)C(F)(F)C(F)(F)C(F)(F)C(F)(F)F)OC)c1. The molecule has 17 heteroatoms. The lowest BCUT2D eigenvalue weighted by molar-refractivity contribution is -0.453. The Balaban J connectivity index is 3.48. The topological polar surface area (TPSA) is 18.5 Å². The Hall–Kier alpha value is -2.07. The zero-order valence-electron chi connectivity index (χ0n) is 17.3. The second-order valence-electron chi connectivity index (χ2n) is 7.01. The van der Waals surface area contributed by atoms with E-state index in [2.05, 4.69) is 4.74 Å². The number of hydrogen-bond acceptors (Lipinski definition) is 2. The first-order valence-corrected chi connectivity index (χ1v) is 9.05. The molecule has 1 rings (SSSR count). The first-order chi connectivity index (χ1) is 15.5. The van der Waals surface area contributed by atoms with Gasteiger partial charge in [0, 0.05) is 13.5 Å². The number of ether oxygens (including phenoxy) is 2. The van der Waals surface area contributed by atoms with Crippen LogP contribution in [0.15, 0.2) is 24.3 Å². The van der Waals surface area contributed by atoms with Gasteiger partial charge < -0.3 is 9.47 Å². The van der Waals surface area contributed by atoms with E-state index in [-0.39, 0.29) is 12.4 Å². The number of rotatable bonds is 11. The van der Waals surface area contributed by atoms with Gasteiger partial charge in [-0.25, -0.2) is 0 Å². The summed E-state index contributed by atoms with van der Waals surface area (Å²) in [6.07, 6.45) is -12.6. The summed E-state index contributed by atoms with van der Waals surface area (Å²) in [6.45, 7) is 1.48. The van der Waals surface area contributed by atoms with Crippen LogP contribution in [-0.2, 0) is 4.74 Å². The number of hydrogen-bond donors (Lipinski definition) is 0. The fraction of sp³-hybridized carbons (Fsp3) is 0.667. The first-order valence-electron chi connectivity index (χ1n) is 9.05. The van der Waals surface area contributed by atoms with Crippen LogP contribution in [0, 0.1) is 0 Å². The van der Waals surface area contributed by atoms with Gasteiger partial charge >= 0.3 is 41.7 Å². The zero-order valence-corrected chi connectivity index (χ0v) is 17.3. The summed E-state index contributed by atoms with van der Waals surface area (Å²) in [4.78, 5) is 0. The van der Waals surface area contributed by atoms with E-state index in [1.165, 1.54) is 13.0 Å². The largest absolute Gasteiger partial charge is 0.494 e. The molecule has 1 aromatic carbocycles. The molecule has 0 fully saturated rings. The van der Waals surface area contributed by atoms with Gasteiger partial charge in [-0.3, -0.25) is 0 Å². The van der Waals surface area contributed by atoms with Crippen LogP contribution in [0.1, 0.15) is 25.0 Å². The Morgan fingerprint density at radius 2 is 1.14 bits per heavy atom. The molecule has 204 valence electrons. The maximum absolute atomic E-state index is 14.2. The molecule has 0 aliphatic carbocycles. The van der Waals surface area contributed by atoms with Crippen LogP contribution in [0.4, 0.5) is 65.9 Å². The van der Waals surface area contributed by atoms with Gasteiger partial charge in [0.15, 0.2) is 0 Å². The molecule has 2 nitrogen and oxygen atoms in total. The zero-order chi connectivity index (χ0) is 27.9. The van der Waals surface area contributed by atoms with E-state index in [0.29, 0.717) is 7.11 Å². The third-order valence-electron chi connectivity index (χ3n) is 4.66. The quantitative estimate of drug-likeness (QED) is 0.266. The van der Waals surface area contributed by atoms with Gasteiger partial charge in [0.2, 0.25) is 0 Å². The molecule has 0 saturated heterocycles. The smallest absolute Gasteiger partial charge is 0.460 e. The van der Waals surface area contributed by atoms with Crippen molar-refractivity contribution >= 4 is 0 Å². The van der Waals surface area contributed by atoms with Gasteiger partial charge in [-0.2, -0.15) is 65.9 Å². The van der Waals surface area contributed by atoms with E-state index >= 15 is 0 Å². The van der Waals surface area contributed by atoms with Crippen LogP contribution in [-0.4, -0.2) is 55.4 Å². The van der Waals surface area contributed by atoms with Crippen LogP contribution in [0.2, 0.25) is 0 Å². The van der Waals surface area contributed by atoms with Crippen molar-refractivity contribution in [1.29, 1.82) is 0 Å². The minimum Gasteiger partial charge on any atom is -0.494 e. The normalized spacial score (nSPS) is 15.8. The van der Waals surface area contributed by atoms with Crippen molar-refractivity contribution in [3.63, 3.8) is 0 Å². The predicted molar refractivity (Wildman–Crippen MR) is 87.7 cm³/mol. The molecule has 0 heterocycles. The van der Waals surface area contributed by atoms with Gasteiger partial charge in [-0.15, -0.1) is 0 Å². The number of halogens is 15. The molecular weight excluding hydrogens is 533 g/mol. The highest BCUT2D eigenvalue weighted by molar-refractivity contribution is 5.30. The average molecular weight is 548 g/mol. The second-order valence-corrected chi connectivity index (χ2v) is 7.01. The highest BCUT2D eigenvalue weighted by Crippen LogP contribution is 2.63. The summed E-state index contributed by atoms with van der Waals surface area (Å²) >= 11 is 0. The van der Waals surface area contributed by atoms with Gasteiger partial charge in [-0.05, 0) is 24.6 Å². The molecule has 0 bridgehead atoms. The van der Waals surface area contributed by atoms with Crippen LogP contribution >= 0.6 is 0 Å². The Labute approximate surface area is 187 Å². The second kappa shape index (κ2) is 9.42. The highest BCUT2D eigenvalue weighted by Gasteiger charge is 2.93. The summed E-state index contributed by atoms with van der Waals surface area (Å²) in [5, 5.41) is 0. The maximum Gasteiger partial charge on any atom is 0.460 e. The van der Waals surface area contributed by atoms with Crippen molar-refractivity contribution in [2.24, 2.45) is 0 Å². The van der Waals surface area contributed by atoms with Gasteiger partial charge in [0.1, 0.15) is 5.75 Å². The van der Waals surface area contributed by atoms with E-state index in [1.54, 1.807) is 0 Å². The van der Waals surface area contributed by atoms with Gasteiger partial charge in [0.25, 0.3) is 0 Å². The summed E-state index contributed by atoms with van der Waals surface area (Å²) in [5.41, 5.74) is -0.474. The van der Waals surface area contributed by atoms with Crippen LogP contribution < -0.4 is 4.74 Å². The Morgan fingerprint density at radius 3 is 1.57 bits per heavy atom. The molecule has 0 radical (unpaired) electrons. The lowest BCUT2D eigenvalue weighted by Gasteiger charge is -2.42. The molecule has 1 aromatic rings. The van der Waals surface area contributed by atoms with E-state index in [0.717, 1.165) is 18.2 Å². The molecular formula is C18H15F15O2. The van der Waals surface area contributed by atoms with Crippen LogP contribution in [0.5, 0.6) is 5.75 Å². The minimum absolute atomic E-state index is 0.00735. The number of benzene rings is 1. The molecule has 0 aliphatic rings. The maximum atomic E-state index is 14.2. The van der Waals surface area contributed by atoms with Gasteiger partial charge in [0.05, 0.1) is 12.7 Å². The standard InChI is InChI=1S/C18H15F15O2/c1-3-35-10-6-4-5-9(7-10)11(34-2)8-12(19,20)13(21,22)14(23,24)15(25,26)16(27,28)17(29,30)18(31,32)33/h4-7,11H,3,8H2,1-2H3. The molecule has 1 atom stereocenters. The Bertz CT molecular complexity index is 864. The van der Waals surface area contributed by atoms with Crippen molar-refractivity contribution in [3.8, 4) is 5.75 Å². The molecule has 0 amide bonds. The van der Waals surface area contributed by atoms with Crippen molar-refractivity contribution in [2.45, 2.75) is 61.2 Å². The number of alkyl halides is 15. The number of methoxy groups -OCH3 is 1. The molecule has 35 heavy (non-hydrogen) atoms.